The minimum Gasteiger partial charge on any atom is -0.490 e. The van der Waals surface area contributed by atoms with Crippen LogP contribution in [0.3, 0.4) is 0 Å². The number of fused-ring (bicyclic) bond motifs is 1. The van der Waals surface area contributed by atoms with Crippen molar-refractivity contribution in [1.82, 2.24) is 4.98 Å². The highest BCUT2D eigenvalue weighted by molar-refractivity contribution is 6.32. The van der Waals surface area contributed by atoms with Crippen LogP contribution in [0.2, 0.25) is 5.02 Å². The molecular weight excluding hydrogens is 310 g/mol. The minimum absolute atomic E-state index is 0.145. The van der Waals surface area contributed by atoms with Crippen LogP contribution in [0.5, 0.6) is 5.75 Å². The van der Waals surface area contributed by atoms with Crippen LogP contribution < -0.4 is 10.2 Å². The first-order valence-electron chi connectivity index (χ1n) is 6.68. The SMILES string of the molecule is COCCOc1cc2[nH]cc(CCOC=O)c(=O)c2cc1Cl. The number of rotatable bonds is 8. The lowest BCUT2D eigenvalue weighted by Gasteiger charge is -2.09. The molecule has 0 spiro atoms. The van der Waals surface area contributed by atoms with E-state index in [0.29, 0.717) is 53.3 Å². The number of pyridine rings is 1. The van der Waals surface area contributed by atoms with Crippen molar-refractivity contribution in [3.63, 3.8) is 0 Å². The number of aromatic nitrogens is 1. The van der Waals surface area contributed by atoms with Gasteiger partial charge in [-0.05, 0) is 6.07 Å². The summed E-state index contributed by atoms with van der Waals surface area (Å²) >= 11 is 6.14. The maximum atomic E-state index is 12.4. The van der Waals surface area contributed by atoms with E-state index in [9.17, 15) is 9.59 Å². The molecule has 0 fully saturated rings. The number of methoxy groups -OCH3 is 1. The van der Waals surface area contributed by atoms with Crippen molar-refractivity contribution in [2.45, 2.75) is 6.42 Å². The molecule has 1 N–H and O–H groups in total. The van der Waals surface area contributed by atoms with E-state index in [0.717, 1.165) is 0 Å². The highest BCUT2D eigenvalue weighted by Gasteiger charge is 2.10. The fourth-order valence-electron chi connectivity index (χ4n) is 2.01. The predicted molar refractivity (Wildman–Crippen MR) is 82.7 cm³/mol. The van der Waals surface area contributed by atoms with E-state index >= 15 is 0 Å². The standard InChI is InChI=1S/C15H16ClNO5/c1-20-4-5-22-14-7-13-11(6-12(14)16)15(19)10(8-17-13)2-3-21-9-18/h6-9H,2-5H2,1H3,(H,17,19). The van der Waals surface area contributed by atoms with Crippen LogP contribution in [-0.2, 0) is 20.7 Å². The summed E-state index contributed by atoms with van der Waals surface area (Å²) in [5.41, 5.74) is 1.01. The molecule has 2 rings (SSSR count). The Hall–Kier alpha value is -2.05. The van der Waals surface area contributed by atoms with Gasteiger partial charge in [-0.3, -0.25) is 9.59 Å². The summed E-state index contributed by atoms with van der Waals surface area (Å²) in [4.78, 5) is 25.5. The quantitative estimate of drug-likeness (QED) is 0.592. The first-order chi connectivity index (χ1) is 10.7. The molecule has 0 bridgehead atoms. The Morgan fingerprint density at radius 2 is 2.09 bits per heavy atom. The van der Waals surface area contributed by atoms with Gasteiger partial charge in [0.2, 0.25) is 0 Å². The van der Waals surface area contributed by atoms with Crippen molar-refractivity contribution in [1.29, 1.82) is 0 Å². The molecule has 7 heteroatoms. The second-order valence-electron chi connectivity index (χ2n) is 4.53. The summed E-state index contributed by atoms with van der Waals surface area (Å²) in [6.07, 6.45) is 1.94. The molecule has 1 aromatic carbocycles. The Labute approximate surface area is 131 Å². The lowest BCUT2D eigenvalue weighted by atomic mass is 10.1. The maximum absolute atomic E-state index is 12.4. The van der Waals surface area contributed by atoms with Gasteiger partial charge < -0.3 is 19.2 Å². The number of halogens is 1. The third-order valence-corrected chi connectivity index (χ3v) is 3.41. The molecule has 0 radical (unpaired) electrons. The van der Waals surface area contributed by atoms with E-state index in [2.05, 4.69) is 9.72 Å². The first kappa shape index (κ1) is 16.3. The van der Waals surface area contributed by atoms with E-state index < -0.39 is 0 Å². The number of hydrogen-bond acceptors (Lipinski definition) is 5. The molecule has 0 aliphatic rings. The Bertz CT molecular complexity index is 713. The molecule has 0 aliphatic heterocycles. The smallest absolute Gasteiger partial charge is 0.293 e. The zero-order valence-corrected chi connectivity index (χ0v) is 12.8. The molecule has 0 saturated heterocycles. The average molecular weight is 326 g/mol. The summed E-state index contributed by atoms with van der Waals surface area (Å²) in [5.74, 6) is 0.485. The van der Waals surface area contributed by atoms with Crippen molar-refractivity contribution in [2.75, 3.05) is 26.9 Å². The second-order valence-corrected chi connectivity index (χ2v) is 4.94. The van der Waals surface area contributed by atoms with Crippen LogP contribution in [0.1, 0.15) is 5.56 Å². The predicted octanol–water partition coefficient (Wildman–Crippen LogP) is 1.92. The molecule has 0 amide bonds. The van der Waals surface area contributed by atoms with Crippen LogP contribution in [0.25, 0.3) is 10.9 Å². The average Bonchev–Trinajstić information content (AvgIpc) is 2.51. The summed E-state index contributed by atoms with van der Waals surface area (Å²) in [6, 6.07) is 3.25. The van der Waals surface area contributed by atoms with Crippen molar-refractivity contribution < 1.29 is 19.0 Å². The summed E-state index contributed by atoms with van der Waals surface area (Å²) < 4.78 is 15.0. The summed E-state index contributed by atoms with van der Waals surface area (Å²) in [7, 11) is 1.58. The normalized spacial score (nSPS) is 10.6. The number of nitrogens with one attached hydrogen (secondary N) is 1. The van der Waals surface area contributed by atoms with Crippen molar-refractivity contribution in [2.24, 2.45) is 0 Å². The van der Waals surface area contributed by atoms with E-state index in [4.69, 9.17) is 21.1 Å². The van der Waals surface area contributed by atoms with Gasteiger partial charge >= 0.3 is 0 Å². The van der Waals surface area contributed by atoms with E-state index in [-0.39, 0.29) is 12.0 Å². The Morgan fingerprint density at radius 1 is 1.27 bits per heavy atom. The monoisotopic (exact) mass is 325 g/mol. The number of aromatic amines is 1. The zero-order valence-electron chi connectivity index (χ0n) is 12.1. The van der Waals surface area contributed by atoms with Crippen LogP contribution in [-0.4, -0.2) is 38.4 Å². The van der Waals surface area contributed by atoms with Gasteiger partial charge in [0.1, 0.15) is 12.4 Å². The van der Waals surface area contributed by atoms with Crippen molar-refractivity contribution in [3.8, 4) is 5.75 Å². The summed E-state index contributed by atoms with van der Waals surface area (Å²) in [6.45, 7) is 1.33. The van der Waals surface area contributed by atoms with Gasteiger partial charge in [0.15, 0.2) is 5.43 Å². The molecule has 1 heterocycles. The van der Waals surface area contributed by atoms with Gasteiger partial charge in [-0.2, -0.15) is 0 Å². The number of H-pyrrole nitrogens is 1. The fraction of sp³-hybridized carbons (Fsp3) is 0.333. The molecule has 0 unspecified atom stereocenters. The van der Waals surface area contributed by atoms with Gasteiger partial charge in [0.25, 0.3) is 6.47 Å². The third-order valence-electron chi connectivity index (χ3n) is 3.11. The third kappa shape index (κ3) is 3.78. The van der Waals surface area contributed by atoms with Crippen LogP contribution in [0, 0.1) is 0 Å². The van der Waals surface area contributed by atoms with Gasteiger partial charge in [0, 0.05) is 36.7 Å². The van der Waals surface area contributed by atoms with Crippen LogP contribution >= 0.6 is 11.6 Å². The molecule has 0 atom stereocenters. The first-order valence-corrected chi connectivity index (χ1v) is 7.06. The molecule has 118 valence electrons. The molecule has 1 aromatic heterocycles. The van der Waals surface area contributed by atoms with Gasteiger partial charge in [-0.15, -0.1) is 0 Å². The largest absolute Gasteiger partial charge is 0.490 e. The Balaban J connectivity index is 2.29. The van der Waals surface area contributed by atoms with Crippen molar-refractivity contribution >= 4 is 29.0 Å². The molecule has 0 saturated carbocycles. The lowest BCUT2D eigenvalue weighted by Crippen LogP contribution is -2.13. The maximum Gasteiger partial charge on any atom is 0.293 e. The number of hydrogen-bond donors (Lipinski definition) is 1. The Morgan fingerprint density at radius 3 is 2.82 bits per heavy atom. The highest BCUT2D eigenvalue weighted by atomic mass is 35.5. The number of ether oxygens (including phenoxy) is 3. The molecule has 6 nitrogen and oxygen atoms in total. The lowest BCUT2D eigenvalue weighted by molar-refractivity contribution is -0.128. The van der Waals surface area contributed by atoms with E-state index in [1.54, 1.807) is 25.4 Å². The molecule has 22 heavy (non-hydrogen) atoms. The number of carbonyl (C=O) groups excluding carboxylic acids is 1. The molecular formula is C15H16ClNO5. The highest BCUT2D eigenvalue weighted by Crippen LogP contribution is 2.28. The van der Waals surface area contributed by atoms with Gasteiger partial charge in [-0.1, -0.05) is 11.6 Å². The second kappa shape index (κ2) is 7.82. The van der Waals surface area contributed by atoms with Crippen molar-refractivity contribution in [3.05, 3.63) is 39.1 Å². The van der Waals surface area contributed by atoms with E-state index in [1.807, 2.05) is 0 Å². The van der Waals surface area contributed by atoms with E-state index in [1.165, 1.54) is 0 Å². The molecule has 0 aliphatic carbocycles. The van der Waals surface area contributed by atoms with Crippen LogP contribution in [0.15, 0.2) is 23.1 Å². The Kier molecular flexibility index (Phi) is 5.80. The topological polar surface area (TPSA) is 77.6 Å². The van der Waals surface area contributed by atoms with Gasteiger partial charge in [0.05, 0.1) is 23.8 Å². The summed E-state index contributed by atoms with van der Waals surface area (Å²) in [5, 5.41) is 0.822. The van der Waals surface area contributed by atoms with Gasteiger partial charge in [-0.25, -0.2) is 0 Å². The van der Waals surface area contributed by atoms with Crippen LogP contribution in [0.4, 0.5) is 0 Å². The zero-order chi connectivity index (χ0) is 15.9. The molecule has 2 aromatic rings. The number of benzene rings is 1. The fourth-order valence-corrected chi connectivity index (χ4v) is 2.23. The minimum atomic E-state index is -0.145. The number of carbonyl (C=O) groups is 1.